The minimum Gasteiger partial charge on any atom is -0.479 e. The number of esters is 1. The molecule has 0 unspecified atom stereocenters. The summed E-state index contributed by atoms with van der Waals surface area (Å²) >= 11 is 6.46. The number of rotatable bonds is 5. The molecule has 1 aliphatic rings. The first-order valence-corrected chi connectivity index (χ1v) is 10.1. The fourth-order valence-electron chi connectivity index (χ4n) is 2.35. The molecule has 0 radical (unpaired) electrons. The Morgan fingerprint density at radius 2 is 2.12 bits per heavy atom. The standard InChI is InChI=1S/C16H16BrNO5S2/c1-21-11(19)8-23-13-12(17)14(10-2-7-24-9-10)25-15(13)16(20)18-3-5-22-6-4-18/h2,7,9H,3-6,8H2,1H3. The van der Waals surface area contributed by atoms with E-state index in [0.717, 1.165) is 10.4 Å². The van der Waals surface area contributed by atoms with Crippen molar-refractivity contribution in [1.29, 1.82) is 0 Å². The van der Waals surface area contributed by atoms with Crippen LogP contribution in [0.15, 0.2) is 21.3 Å². The molecule has 9 heteroatoms. The lowest BCUT2D eigenvalue weighted by Gasteiger charge is -2.26. The molecule has 0 aromatic carbocycles. The summed E-state index contributed by atoms with van der Waals surface area (Å²) in [7, 11) is 1.30. The molecule has 1 amide bonds. The number of morpholine rings is 1. The Kier molecular flexibility index (Phi) is 6.10. The molecule has 134 valence electrons. The lowest BCUT2D eigenvalue weighted by molar-refractivity contribution is -0.142. The maximum atomic E-state index is 12.9. The highest BCUT2D eigenvalue weighted by Gasteiger charge is 2.28. The Labute approximate surface area is 161 Å². The van der Waals surface area contributed by atoms with Crippen molar-refractivity contribution in [2.45, 2.75) is 0 Å². The Balaban J connectivity index is 1.94. The van der Waals surface area contributed by atoms with E-state index in [1.165, 1.54) is 18.4 Å². The summed E-state index contributed by atoms with van der Waals surface area (Å²) in [6, 6.07) is 1.98. The smallest absolute Gasteiger partial charge is 0.343 e. The number of halogens is 1. The van der Waals surface area contributed by atoms with Gasteiger partial charge in [0.2, 0.25) is 0 Å². The predicted octanol–water partition coefficient (Wildman–Crippen LogP) is 3.26. The van der Waals surface area contributed by atoms with Crippen LogP contribution < -0.4 is 4.74 Å². The number of methoxy groups -OCH3 is 1. The van der Waals surface area contributed by atoms with Crippen molar-refractivity contribution in [3.05, 3.63) is 26.2 Å². The maximum absolute atomic E-state index is 12.9. The zero-order valence-corrected chi connectivity index (χ0v) is 16.7. The van der Waals surface area contributed by atoms with E-state index in [2.05, 4.69) is 20.7 Å². The van der Waals surface area contributed by atoms with Crippen molar-refractivity contribution in [3.8, 4) is 16.2 Å². The highest BCUT2D eigenvalue weighted by molar-refractivity contribution is 9.10. The Morgan fingerprint density at radius 3 is 2.76 bits per heavy atom. The highest BCUT2D eigenvalue weighted by atomic mass is 79.9. The number of hydrogen-bond acceptors (Lipinski definition) is 7. The average molecular weight is 446 g/mol. The van der Waals surface area contributed by atoms with Crippen LogP contribution in [0.5, 0.6) is 5.75 Å². The minimum atomic E-state index is -0.500. The van der Waals surface area contributed by atoms with Gasteiger partial charge in [0.15, 0.2) is 12.4 Å². The van der Waals surface area contributed by atoms with Crippen LogP contribution in [0.4, 0.5) is 0 Å². The first-order valence-electron chi connectivity index (χ1n) is 7.53. The van der Waals surface area contributed by atoms with E-state index >= 15 is 0 Å². The fourth-order valence-corrected chi connectivity index (χ4v) is 5.08. The van der Waals surface area contributed by atoms with Gasteiger partial charge in [-0.15, -0.1) is 11.3 Å². The van der Waals surface area contributed by atoms with Crippen LogP contribution in [0, 0.1) is 0 Å². The third-order valence-corrected chi connectivity index (χ3v) is 6.56. The van der Waals surface area contributed by atoms with Crippen molar-refractivity contribution >= 4 is 50.5 Å². The lowest BCUT2D eigenvalue weighted by Crippen LogP contribution is -2.40. The van der Waals surface area contributed by atoms with Gasteiger partial charge in [-0.25, -0.2) is 4.79 Å². The maximum Gasteiger partial charge on any atom is 0.343 e. The highest BCUT2D eigenvalue weighted by Crippen LogP contribution is 2.46. The number of thiophene rings is 2. The molecule has 2 aromatic heterocycles. The van der Waals surface area contributed by atoms with Gasteiger partial charge < -0.3 is 19.1 Å². The molecule has 1 fully saturated rings. The van der Waals surface area contributed by atoms with E-state index in [1.54, 1.807) is 16.2 Å². The lowest BCUT2D eigenvalue weighted by atomic mass is 10.2. The first kappa shape index (κ1) is 18.4. The fraction of sp³-hybridized carbons (Fsp3) is 0.375. The van der Waals surface area contributed by atoms with Crippen molar-refractivity contribution in [2.24, 2.45) is 0 Å². The summed E-state index contributed by atoms with van der Waals surface area (Å²) in [6.07, 6.45) is 0. The van der Waals surface area contributed by atoms with Gasteiger partial charge in [-0.05, 0) is 32.8 Å². The Morgan fingerprint density at radius 1 is 1.36 bits per heavy atom. The normalized spacial score (nSPS) is 14.4. The van der Waals surface area contributed by atoms with Crippen LogP contribution in [0.25, 0.3) is 10.4 Å². The van der Waals surface area contributed by atoms with Crippen molar-refractivity contribution in [3.63, 3.8) is 0 Å². The first-order chi connectivity index (χ1) is 12.1. The van der Waals surface area contributed by atoms with Gasteiger partial charge >= 0.3 is 5.97 Å². The summed E-state index contributed by atoms with van der Waals surface area (Å²) in [6.45, 7) is 1.87. The van der Waals surface area contributed by atoms with E-state index in [0.29, 0.717) is 41.4 Å². The largest absolute Gasteiger partial charge is 0.479 e. The monoisotopic (exact) mass is 445 g/mol. The number of carbonyl (C=O) groups is 2. The third-order valence-electron chi connectivity index (χ3n) is 3.65. The Hall–Kier alpha value is -1.42. The van der Waals surface area contributed by atoms with Gasteiger partial charge in [0.25, 0.3) is 5.91 Å². The second kappa shape index (κ2) is 8.31. The van der Waals surface area contributed by atoms with Crippen LogP contribution in [0.2, 0.25) is 0 Å². The quantitative estimate of drug-likeness (QED) is 0.660. The van der Waals surface area contributed by atoms with E-state index < -0.39 is 5.97 Å². The number of hydrogen-bond donors (Lipinski definition) is 0. The molecule has 0 saturated carbocycles. The van der Waals surface area contributed by atoms with E-state index in [-0.39, 0.29) is 12.5 Å². The third kappa shape index (κ3) is 4.05. The summed E-state index contributed by atoms with van der Waals surface area (Å²) in [4.78, 5) is 27.5. The second-order valence-electron chi connectivity index (χ2n) is 5.18. The van der Waals surface area contributed by atoms with Crippen molar-refractivity contribution in [1.82, 2.24) is 4.90 Å². The molecule has 2 aromatic rings. The molecule has 0 spiro atoms. The van der Waals surface area contributed by atoms with Gasteiger partial charge in [0, 0.05) is 18.7 Å². The molecule has 6 nitrogen and oxygen atoms in total. The van der Waals surface area contributed by atoms with Crippen LogP contribution in [0.3, 0.4) is 0 Å². The van der Waals surface area contributed by atoms with Crippen molar-refractivity contribution < 1.29 is 23.8 Å². The summed E-state index contributed by atoms with van der Waals surface area (Å²) in [5, 5.41) is 3.98. The molecule has 0 atom stereocenters. The summed E-state index contributed by atoms with van der Waals surface area (Å²) in [5.74, 6) is -0.233. The van der Waals surface area contributed by atoms with Gasteiger partial charge in [-0.3, -0.25) is 4.79 Å². The number of ether oxygens (including phenoxy) is 3. The average Bonchev–Trinajstić information content (AvgIpc) is 3.28. The zero-order valence-electron chi connectivity index (χ0n) is 13.5. The zero-order chi connectivity index (χ0) is 17.8. The molecule has 1 saturated heterocycles. The van der Waals surface area contributed by atoms with Crippen LogP contribution in [-0.2, 0) is 14.3 Å². The van der Waals surface area contributed by atoms with Gasteiger partial charge in [-0.2, -0.15) is 11.3 Å². The molecule has 0 N–H and O–H groups in total. The molecule has 0 bridgehead atoms. The predicted molar refractivity (Wildman–Crippen MR) is 99.6 cm³/mol. The van der Waals surface area contributed by atoms with E-state index in [1.807, 2.05) is 16.8 Å². The molecule has 1 aliphatic heterocycles. The number of carbonyl (C=O) groups excluding carboxylic acids is 2. The van der Waals surface area contributed by atoms with Crippen LogP contribution in [-0.4, -0.2) is 56.8 Å². The molecular weight excluding hydrogens is 430 g/mol. The minimum absolute atomic E-state index is 0.115. The van der Waals surface area contributed by atoms with E-state index in [9.17, 15) is 9.59 Å². The summed E-state index contributed by atoms with van der Waals surface area (Å²) in [5.41, 5.74) is 1.01. The summed E-state index contributed by atoms with van der Waals surface area (Å²) < 4.78 is 16.2. The molecular formula is C16H16BrNO5S2. The van der Waals surface area contributed by atoms with Crippen LogP contribution in [0.1, 0.15) is 9.67 Å². The van der Waals surface area contributed by atoms with Gasteiger partial charge in [0.05, 0.1) is 29.7 Å². The molecule has 0 aliphatic carbocycles. The SMILES string of the molecule is COC(=O)COc1c(C(=O)N2CCOCC2)sc(-c2ccsc2)c1Br. The number of nitrogens with zero attached hydrogens (tertiary/aromatic N) is 1. The van der Waals surface area contributed by atoms with E-state index in [4.69, 9.17) is 9.47 Å². The molecule has 3 heterocycles. The van der Waals surface area contributed by atoms with Crippen molar-refractivity contribution in [2.75, 3.05) is 40.0 Å². The van der Waals surface area contributed by atoms with Gasteiger partial charge in [0.1, 0.15) is 4.88 Å². The van der Waals surface area contributed by atoms with Crippen LogP contribution >= 0.6 is 38.6 Å². The molecule has 25 heavy (non-hydrogen) atoms. The number of amides is 1. The molecule has 3 rings (SSSR count). The second-order valence-corrected chi connectivity index (χ2v) is 7.78. The van der Waals surface area contributed by atoms with Gasteiger partial charge in [-0.1, -0.05) is 0 Å². The topological polar surface area (TPSA) is 65.1 Å². The Bertz CT molecular complexity index is 753.